The van der Waals surface area contributed by atoms with Gasteiger partial charge in [0.1, 0.15) is 0 Å². The lowest BCUT2D eigenvalue weighted by Crippen LogP contribution is -2.27. The van der Waals surface area contributed by atoms with Crippen molar-refractivity contribution in [1.29, 1.82) is 0 Å². The van der Waals surface area contributed by atoms with Crippen LogP contribution in [0.4, 0.5) is 11.5 Å². The van der Waals surface area contributed by atoms with Crippen LogP contribution in [-0.4, -0.2) is 32.8 Å². The molecule has 0 radical (unpaired) electrons. The Hall–Kier alpha value is -1.34. The molecule has 0 bridgehead atoms. The van der Waals surface area contributed by atoms with Gasteiger partial charge in [-0.2, -0.15) is 4.98 Å². The van der Waals surface area contributed by atoms with Gasteiger partial charge >= 0.3 is 0 Å². The Labute approximate surface area is 113 Å². The molecule has 2 heterocycles. The molecule has 96 valence electrons. The van der Waals surface area contributed by atoms with Crippen LogP contribution >= 0.6 is 23.4 Å². The first kappa shape index (κ1) is 13.1. The van der Waals surface area contributed by atoms with Crippen LogP contribution in [0.5, 0.6) is 0 Å². The topological polar surface area (TPSA) is 89.2 Å². The van der Waals surface area contributed by atoms with Gasteiger partial charge in [0.2, 0.25) is 11.2 Å². The number of halogens is 1. The number of amides is 1. The molecule has 2 rings (SSSR count). The summed E-state index contributed by atoms with van der Waals surface area (Å²) in [5.41, 5.74) is 6.02. The quantitative estimate of drug-likeness (QED) is 0.819. The molecular weight excluding hydrogens is 276 g/mol. The Balaban J connectivity index is 2.21. The number of nitrogen functional groups attached to an aromatic ring is 1. The summed E-state index contributed by atoms with van der Waals surface area (Å²) in [6.07, 6.45) is 1.66. The van der Waals surface area contributed by atoms with E-state index >= 15 is 0 Å². The average molecular weight is 287 g/mol. The molecular formula is C10H11ClN4O2S. The molecule has 1 aliphatic rings. The molecule has 8 heteroatoms. The standard InChI is InChI=1S/C10H11ClN4O2S/c1-5(16)18-6-2-8(17)15(4-6)9-7(12)3-13-10(11)14-9/h3,6H,2,4,12H2,1H3. The maximum Gasteiger partial charge on any atom is 0.229 e. The van der Waals surface area contributed by atoms with Crippen LogP contribution in [0.3, 0.4) is 0 Å². The highest BCUT2D eigenvalue weighted by atomic mass is 35.5. The maximum absolute atomic E-state index is 11.9. The maximum atomic E-state index is 11.9. The minimum Gasteiger partial charge on any atom is -0.394 e. The summed E-state index contributed by atoms with van der Waals surface area (Å²) >= 11 is 6.84. The summed E-state index contributed by atoms with van der Waals surface area (Å²) in [6.45, 7) is 1.88. The van der Waals surface area contributed by atoms with Gasteiger partial charge in [-0.05, 0) is 11.6 Å². The molecule has 0 aliphatic carbocycles. The first-order chi connectivity index (χ1) is 8.47. The fourth-order valence-corrected chi connectivity index (χ4v) is 2.82. The van der Waals surface area contributed by atoms with Crippen molar-refractivity contribution < 1.29 is 9.59 Å². The SMILES string of the molecule is CC(=O)SC1CC(=O)N(c2nc(Cl)ncc2N)C1. The molecule has 0 aromatic carbocycles. The smallest absolute Gasteiger partial charge is 0.229 e. The molecule has 0 saturated carbocycles. The van der Waals surface area contributed by atoms with E-state index in [9.17, 15) is 9.59 Å². The van der Waals surface area contributed by atoms with Crippen molar-refractivity contribution in [1.82, 2.24) is 9.97 Å². The molecule has 1 amide bonds. The Kier molecular flexibility index (Phi) is 3.72. The molecule has 18 heavy (non-hydrogen) atoms. The Morgan fingerprint density at radius 1 is 1.67 bits per heavy atom. The molecule has 1 saturated heterocycles. The van der Waals surface area contributed by atoms with E-state index < -0.39 is 0 Å². The van der Waals surface area contributed by atoms with Gasteiger partial charge in [-0.1, -0.05) is 11.8 Å². The van der Waals surface area contributed by atoms with E-state index in [1.165, 1.54) is 18.0 Å². The fourth-order valence-electron chi connectivity index (χ4n) is 1.77. The van der Waals surface area contributed by atoms with Crippen LogP contribution in [0, 0.1) is 0 Å². The van der Waals surface area contributed by atoms with Gasteiger partial charge < -0.3 is 5.73 Å². The lowest BCUT2D eigenvalue weighted by Gasteiger charge is -2.16. The summed E-state index contributed by atoms with van der Waals surface area (Å²) in [4.78, 5) is 32.0. The van der Waals surface area contributed by atoms with Crippen molar-refractivity contribution in [3.8, 4) is 0 Å². The number of thioether (sulfide) groups is 1. The second-order valence-corrected chi connectivity index (χ2v) is 5.67. The summed E-state index contributed by atoms with van der Waals surface area (Å²) in [5.74, 6) is 0.196. The second-order valence-electron chi connectivity index (χ2n) is 3.86. The van der Waals surface area contributed by atoms with Crippen molar-refractivity contribution in [2.24, 2.45) is 0 Å². The Morgan fingerprint density at radius 3 is 3.06 bits per heavy atom. The normalized spacial score (nSPS) is 19.3. The van der Waals surface area contributed by atoms with Gasteiger partial charge in [-0.25, -0.2) is 4.98 Å². The predicted octanol–water partition coefficient (Wildman–Crippen LogP) is 1.10. The summed E-state index contributed by atoms with van der Waals surface area (Å²) in [7, 11) is 0. The molecule has 1 aromatic heterocycles. The van der Waals surface area contributed by atoms with Gasteiger partial charge in [0.05, 0.1) is 11.9 Å². The third-order valence-corrected chi connectivity index (χ3v) is 3.61. The molecule has 1 aromatic rings. The highest BCUT2D eigenvalue weighted by Gasteiger charge is 2.33. The fraction of sp³-hybridized carbons (Fsp3) is 0.400. The average Bonchev–Trinajstić information content (AvgIpc) is 2.62. The molecule has 6 nitrogen and oxygen atoms in total. The van der Waals surface area contributed by atoms with Crippen molar-refractivity contribution in [3.05, 3.63) is 11.5 Å². The number of nitrogens with zero attached hydrogens (tertiary/aromatic N) is 3. The number of nitrogens with two attached hydrogens (primary N) is 1. The van der Waals surface area contributed by atoms with Gasteiger partial charge in [0.25, 0.3) is 0 Å². The van der Waals surface area contributed by atoms with Crippen LogP contribution in [0.2, 0.25) is 5.28 Å². The number of hydrogen-bond acceptors (Lipinski definition) is 6. The van der Waals surface area contributed by atoms with Gasteiger partial charge in [0, 0.05) is 25.1 Å². The number of hydrogen-bond donors (Lipinski definition) is 1. The Morgan fingerprint density at radius 2 is 2.39 bits per heavy atom. The zero-order valence-electron chi connectivity index (χ0n) is 9.59. The number of carbonyl (C=O) groups is 2. The second kappa shape index (κ2) is 5.11. The first-order valence-electron chi connectivity index (χ1n) is 5.23. The van der Waals surface area contributed by atoms with Crippen molar-refractivity contribution in [3.63, 3.8) is 0 Å². The van der Waals surface area contributed by atoms with E-state index in [0.29, 0.717) is 24.5 Å². The van der Waals surface area contributed by atoms with Crippen LogP contribution in [0.25, 0.3) is 0 Å². The summed E-state index contributed by atoms with van der Waals surface area (Å²) < 4.78 is 0. The van der Waals surface area contributed by atoms with E-state index in [1.54, 1.807) is 0 Å². The highest BCUT2D eigenvalue weighted by molar-refractivity contribution is 8.14. The third-order valence-electron chi connectivity index (χ3n) is 2.44. The predicted molar refractivity (Wildman–Crippen MR) is 70.5 cm³/mol. The van der Waals surface area contributed by atoms with Crippen LogP contribution < -0.4 is 10.6 Å². The van der Waals surface area contributed by atoms with E-state index in [-0.39, 0.29) is 21.6 Å². The van der Waals surface area contributed by atoms with E-state index in [4.69, 9.17) is 17.3 Å². The zero-order chi connectivity index (χ0) is 13.3. The molecule has 2 N–H and O–H groups in total. The number of anilines is 2. The highest BCUT2D eigenvalue weighted by Crippen LogP contribution is 2.30. The van der Waals surface area contributed by atoms with Crippen molar-refractivity contribution >= 4 is 45.9 Å². The molecule has 0 spiro atoms. The monoisotopic (exact) mass is 286 g/mol. The van der Waals surface area contributed by atoms with Gasteiger partial charge in [-0.15, -0.1) is 0 Å². The van der Waals surface area contributed by atoms with E-state index in [1.807, 2.05) is 0 Å². The minimum atomic E-state index is -0.116. The molecule has 1 aliphatic heterocycles. The summed E-state index contributed by atoms with van der Waals surface area (Å²) in [6, 6.07) is 0. The lowest BCUT2D eigenvalue weighted by molar-refractivity contribution is -0.117. The number of aromatic nitrogens is 2. The largest absolute Gasteiger partial charge is 0.394 e. The van der Waals surface area contributed by atoms with E-state index in [2.05, 4.69) is 9.97 Å². The van der Waals surface area contributed by atoms with Crippen LogP contribution in [0.15, 0.2) is 6.20 Å². The first-order valence-corrected chi connectivity index (χ1v) is 6.48. The van der Waals surface area contributed by atoms with Crippen LogP contribution in [0.1, 0.15) is 13.3 Å². The van der Waals surface area contributed by atoms with E-state index in [0.717, 1.165) is 11.8 Å². The molecule has 1 fully saturated rings. The summed E-state index contributed by atoms with van der Waals surface area (Å²) in [5, 5.41) is -0.0406. The van der Waals surface area contributed by atoms with Crippen LogP contribution in [-0.2, 0) is 9.59 Å². The van der Waals surface area contributed by atoms with Crippen molar-refractivity contribution in [2.45, 2.75) is 18.6 Å². The molecule has 1 unspecified atom stereocenters. The minimum absolute atomic E-state index is 0.0108. The number of rotatable bonds is 2. The Bertz CT molecular complexity index is 511. The van der Waals surface area contributed by atoms with Gasteiger partial charge in [0.15, 0.2) is 10.9 Å². The third kappa shape index (κ3) is 2.73. The van der Waals surface area contributed by atoms with Crippen molar-refractivity contribution in [2.75, 3.05) is 17.2 Å². The number of carbonyl (C=O) groups excluding carboxylic acids is 2. The molecule has 1 atom stereocenters. The van der Waals surface area contributed by atoms with Gasteiger partial charge in [-0.3, -0.25) is 14.5 Å². The lowest BCUT2D eigenvalue weighted by atomic mass is 10.4. The zero-order valence-corrected chi connectivity index (χ0v) is 11.2.